The molecule has 0 aliphatic rings. The molecule has 164 valence electrons. The summed E-state index contributed by atoms with van der Waals surface area (Å²) in [7, 11) is 0. The second-order valence-electron chi connectivity index (χ2n) is 7.09. The number of nitrogens with one attached hydrogen (secondary N) is 1. The van der Waals surface area contributed by atoms with Gasteiger partial charge in [0.2, 0.25) is 0 Å². The van der Waals surface area contributed by atoms with E-state index in [1.54, 1.807) is 18.3 Å². The lowest BCUT2D eigenvalue weighted by Crippen LogP contribution is -2.38. The highest BCUT2D eigenvalue weighted by atomic mass is 32.1. The van der Waals surface area contributed by atoms with Crippen LogP contribution in [0.3, 0.4) is 0 Å². The number of fused-ring (bicyclic) bond motifs is 1. The number of aryl methyl sites for hydroxylation is 1. The van der Waals surface area contributed by atoms with Gasteiger partial charge in [0.15, 0.2) is 11.6 Å². The number of anilines is 1. The molecule has 0 aliphatic carbocycles. The lowest BCUT2D eigenvalue weighted by molar-refractivity contribution is 0.0954. The Morgan fingerprint density at radius 2 is 1.91 bits per heavy atom. The number of amides is 1. The van der Waals surface area contributed by atoms with E-state index in [4.69, 9.17) is 5.73 Å². The van der Waals surface area contributed by atoms with Gasteiger partial charge in [-0.15, -0.1) is 11.3 Å². The van der Waals surface area contributed by atoms with E-state index in [0.29, 0.717) is 10.6 Å². The van der Waals surface area contributed by atoms with E-state index in [2.05, 4.69) is 10.3 Å². The molecule has 0 atom stereocenters. The Morgan fingerprint density at radius 1 is 1.16 bits per heavy atom. The van der Waals surface area contributed by atoms with Crippen LogP contribution in [-0.2, 0) is 13.1 Å². The summed E-state index contributed by atoms with van der Waals surface area (Å²) in [4.78, 5) is 42.8. The van der Waals surface area contributed by atoms with Gasteiger partial charge in [-0.05, 0) is 36.2 Å². The van der Waals surface area contributed by atoms with Gasteiger partial charge in [-0.2, -0.15) is 0 Å². The zero-order chi connectivity index (χ0) is 23.0. The Morgan fingerprint density at radius 3 is 2.59 bits per heavy atom. The predicted molar refractivity (Wildman–Crippen MR) is 116 cm³/mol. The highest BCUT2D eigenvalue weighted by molar-refractivity contribution is 7.19. The Bertz CT molecular complexity index is 1460. The van der Waals surface area contributed by atoms with Gasteiger partial charge in [-0.1, -0.05) is 12.1 Å². The fraction of sp³-hybridized carbons (Fsp3) is 0.143. The number of nitrogens with zero attached hydrogens (tertiary/aromatic N) is 3. The summed E-state index contributed by atoms with van der Waals surface area (Å²) in [5.41, 5.74) is 5.55. The average Bonchev–Trinajstić information content (AvgIpc) is 3.23. The highest BCUT2D eigenvalue weighted by Gasteiger charge is 2.18. The normalized spacial score (nSPS) is 11.1. The topological polar surface area (TPSA) is 111 Å². The van der Waals surface area contributed by atoms with Crippen molar-refractivity contribution in [2.75, 3.05) is 5.73 Å². The molecule has 0 aliphatic heterocycles. The Hall–Kier alpha value is -3.86. The number of benzene rings is 1. The van der Waals surface area contributed by atoms with Crippen molar-refractivity contribution in [3.8, 4) is 0 Å². The van der Waals surface area contributed by atoms with E-state index in [9.17, 15) is 23.2 Å². The number of pyridine rings is 1. The monoisotopic (exact) mass is 457 g/mol. The number of nitrogens with two attached hydrogens (primary N) is 1. The van der Waals surface area contributed by atoms with Crippen LogP contribution < -0.4 is 22.3 Å². The van der Waals surface area contributed by atoms with Crippen molar-refractivity contribution in [1.29, 1.82) is 0 Å². The number of halogens is 2. The molecule has 3 N–H and O–H groups in total. The number of hydrogen-bond acceptors (Lipinski definition) is 6. The molecule has 4 aromatic rings. The van der Waals surface area contributed by atoms with Gasteiger partial charge in [-0.25, -0.2) is 18.6 Å². The van der Waals surface area contributed by atoms with E-state index in [0.717, 1.165) is 33.6 Å². The molecular formula is C21H17F2N5O3S. The molecular weight excluding hydrogens is 440 g/mol. The predicted octanol–water partition coefficient (Wildman–Crippen LogP) is 2.06. The molecule has 32 heavy (non-hydrogen) atoms. The summed E-state index contributed by atoms with van der Waals surface area (Å²) >= 11 is 1.01. The van der Waals surface area contributed by atoms with E-state index in [-0.39, 0.29) is 29.1 Å². The molecule has 1 amide bonds. The molecule has 3 heterocycles. The first-order valence-corrected chi connectivity index (χ1v) is 10.2. The maximum Gasteiger partial charge on any atom is 0.336 e. The molecule has 0 bridgehead atoms. The van der Waals surface area contributed by atoms with Crippen LogP contribution in [0.4, 0.5) is 14.6 Å². The Balaban J connectivity index is 1.65. The van der Waals surface area contributed by atoms with Crippen molar-refractivity contribution in [2.45, 2.75) is 20.0 Å². The smallest absolute Gasteiger partial charge is 0.336 e. The molecule has 8 nitrogen and oxygen atoms in total. The summed E-state index contributed by atoms with van der Waals surface area (Å²) in [6.07, 6.45) is 2.90. The number of nitrogen functional groups attached to an aromatic ring is 1. The summed E-state index contributed by atoms with van der Waals surface area (Å²) in [5.74, 6) is -2.15. The third kappa shape index (κ3) is 4.02. The molecule has 0 spiro atoms. The van der Waals surface area contributed by atoms with Gasteiger partial charge in [0, 0.05) is 24.5 Å². The molecule has 1 aromatic carbocycles. The van der Waals surface area contributed by atoms with Crippen molar-refractivity contribution in [3.63, 3.8) is 0 Å². The van der Waals surface area contributed by atoms with Crippen LogP contribution in [0.1, 0.15) is 26.4 Å². The molecule has 0 unspecified atom stereocenters. The second kappa shape index (κ2) is 8.35. The maximum absolute atomic E-state index is 13.5. The summed E-state index contributed by atoms with van der Waals surface area (Å²) < 4.78 is 28.8. The third-order valence-corrected chi connectivity index (χ3v) is 6.05. The molecule has 0 saturated carbocycles. The van der Waals surface area contributed by atoms with Gasteiger partial charge in [0.05, 0.1) is 6.54 Å². The number of carbonyl (C=O) groups excluding carboxylic acids is 1. The fourth-order valence-corrected chi connectivity index (χ4v) is 4.14. The maximum atomic E-state index is 13.5. The standard InChI is InChI=1S/C21H17F2N5O3S/c1-11-19(30)27(9-12-2-4-14(22)15(23)6-12)21(31)28-10-16(32-20(11)28)18(29)26-8-13-3-5-17(24)25-7-13/h2-7,10H,8-9H2,1H3,(H2,24,25)(H,26,29). The second-order valence-corrected chi connectivity index (χ2v) is 8.12. The fourth-order valence-electron chi connectivity index (χ4n) is 3.14. The van der Waals surface area contributed by atoms with Crippen molar-refractivity contribution < 1.29 is 13.6 Å². The summed E-state index contributed by atoms with van der Waals surface area (Å²) in [6.45, 7) is 1.51. The number of thiazole rings is 1. The lowest BCUT2D eigenvalue weighted by atomic mass is 10.2. The molecule has 4 rings (SSSR count). The van der Waals surface area contributed by atoms with Crippen LogP contribution in [0, 0.1) is 18.6 Å². The molecule has 0 saturated heterocycles. The van der Waals surface area contributed by atoms with E-state index >= 15 is 0 Å². The van der Waals surface area contributed by atoms with Crippen molar-refractivity contribution in [3.05, 3.63) is 96.8 Å². The van der Waals surface area contributed by atoms with Crippen LogP contribution in [0.2, 0.25) is 0 Å². The number of hydrogen-bond donors (Lipinski definition) is 2. The van der Waals surface area contributed by atoms with Crippen LogP contribution in [-0.4, -0.2) is 19.9 Å². The largest absolute Gasteiger partial charge is 0.384 e. The van der Waals surface area contributed by atoms with Gasteiger partial charge >= 0.3 is 5.69 Å². The minimum atomic E-state index is -1.07. The summed E-state index contributed by atoms with van der Waals surface area (Å²) in [6, 6.07) is 6.51. The van der Waals surface area contributed by atoms with Gasteiger partial charge in [-0.3, -0.25) is 18.6 Å². The van der Waals surface area contributed by atoms with Gasteiger partial charge < -0.3 is 11.1 Å². The Kier molecular flexibility index (Phi) is 5.57. The van der Waals surface area contributed by atoms with Crippen molar-refractivity contribution in [2.24, 2.45) is 0 Å². The number of rotatable bonds is 5. The zero-order valence-corrected chi connectivity index (χ0v) is 17.6. The highest BCUT2D eigenvalue weighted by Crippen LogP contribution is 2.18. The molecule has 11 heteroatoms. The van der Waals surface area contributed by atoms with Crippen LogP contribution in [0.25, 0.3) is 4.83 Å². The molecule has 0 fully saturated rings. The van der Waals surface area contributed by atoms with Crippen LogP contribution in [0.15, 0.2) is 52.3 Å². The lowest BCUT2D eigenvalue weighted by Gasteiger charge is -2.08. The minimum absolute atomic E-state index is 0.206. The minimum Gasteiger partial charge on any atom is -0.384 e. The van der Waals surface area contributed by atoms with Crippen LogP contribution >= 0.6 is 11.3 Å². The zero-order valence-electron chi connectivity index (χ0n) is 16.8. The quantitative estimate of drug-likeness (QED) is 0.477. The van der Waals surface area contributed by atoms with Gasteiger partial charge in [0.25, 0.3) is 11.5 Å². The Labute approximate surface area is 183 Å². The van der Waals surface area contributed by atoms with Crippen molar-refractivity contribution in [1.82, 2.24) is 19.3 Å². The first-order valence-electron chi connectivity index (χ1n) is 9.42. The average molecular weight is 457 g/mol. The molecule has 0 radical (unpaired) electrons. The number of aromatic nitrogens is 3. The third-order valence-electron chi connectivity index (χ3n) is 4.84. The summed E-state index contributed by atoms with van der Waals surface area (Å²) in [5, 5.41) is 2.73. The van der Waals surface area contributed by atoms with E-state index < -0.39 is 28.8 Å². The van der Waals surface area contributed by atoms with E-state index in [1.807, 2.05) is 0 Å². The van der Waals surface area contributed by atoms with Gasteiger partial charge in [0.1, 0.15) is 15.5 Å². The number of carbonyl (C=O) groups is 1. The van der Waals surface area contributed by atoms with Crippen LogP contribution in [0.5, 0.6) is 0 Å². The first-order chi connectivity index (χ1) is 15.2. The first kappa shape index (κ1) is 21.4. The van der Waals surface area contributed by atoms with E-state index in [1.165, 1.54) is 23.6 Å². The van der Waals surface area contributed by atoms with Crippen molar-refractivity contribution >= 4 is 27.9 Å². The molecule has 3 aromatic heterocycles. The SMILES string of the molecule is Cc1c(=O)n(Cc2ccc(F)c(F)c2)c(=O)n2cc(C(=O)NCc3ccc(N)nc3)sc12.